The third-order valence-electron chi connectivity index (χ3n) is 7.29. The van der Waals surface area contributed by atoms with Crippen LogP contribution in [0.4, 0.5) is 22.0 Å². The van der Waals surface area contributed by atoms with Gasteiger partial charge in [-0.1, -0.05) is 23.9 Å². The van der Waals surface area contributed by atoms with E-state index in [0.717, 1.165) is 12.1 Å². The lowest BCUT2D eigenvalue weighted by molar-refractivity contribution is -0.237. The van der Waals surface area contributed by atoms with Gasteiger partial charge in [0.25, 0.3) is 0 Å². The van der Waals surface area contributed by atoms with E-state index in [-0.39, 0.29) is 5.56 Å². The Labute approximate surface area is 208 Å². The molecule has 2 fully saturated rings. The third kappa shape index (κ3) is 3.77. The highest BCUT2D eigenvalue weighted by Gasteiger charge is 2.70. The first-order valence-electron chi connectivity index (χ1n) is 10.7. The Morgan fingerprint density at radius 1 is 1.11 bits per heavy atom. The van der Waals surface area contributed by atoms with E-state index < -0.39 is 117 Å². The molecule has 15 heteroatoms. The van der Waals surface area contributed by atoms with Gasteiger partial charge in [0.2, 0.25) is 5.91 Å². The molecule has 2 saturated carbocycles. The van der Waals surface area contributed by atoms with E-state index in [1.807, 2.05) is 0 Å². The van der Waals surface area contributed by atoms with Crippen LogP contribution in [0.2, 0.25) is 0 Å². The fraction of sp³-hybridized carbons (Fsp3) is 0.500. The number of phenolic OH excluding ortho intramolecular Hbond substituents is 1. The summed E-state index contributed by atoms with van der Waals surface area (Å²) in [5.41, 5.74) is 0.955. The Morgan fingerprint density at radius 3 is 2.30 bits per heavy atom. The summed E-state index contributed by atoms with van der Waals surface area (Å²) in [5.74, 6) is -18.7. The van der Waals surface area contributed by atoms with Crippen LogP contribution in [0.5, 0.6) is 5.75 Å². The molecule has 0 aromatic heterocycles. The van der Waals surface area contributed by atoms with Crippen LogP contribution >= 0.6 is 11.8 Å². The van der Waals surface area contributed by atoms with Crippen LogP contribution in [0.1, 0.15) is 28.3 Å². The highest BCUT2D eigenvalue weighted by atomic mass is 32.2. The number of aliphatic hydroxyl groups is 2. The Bertz CT molecular complexity index is 1240. The molecule has 200 valence electrons. The van der Waals surface area contributed by atoms with Gasteiger partial charge in [-0.2, -0.15) is 22.0 Å². The number of thioether (sulfide) groups is 1. The molecule has 9 nitrogen and oxygen atoms in total. The molecule has 0 bridgehead atoms. The maximum atomic E-state index is 13.8. The van der Waals surface area contributed by atoms with E-state index in [2.05, 4.69) is 0 Å². The van der Waals surface area contributed by atoms with E-state index >= 15 is 0 Å². The first-order valence-corrected chi connectivity index (χ1v) is 11.7. The number of fused-ring (bicyclic) bond motifs is 3. The number of carbonyl (C=O) groups excluding carboxylic acids is 5. The van der Waals surface area contributed by atoms with Crippen molar-refractivity contribution in [1.82, 2.24) is 0 Å². The summed E-state index contributed by atoms with van der Waals surface area (Å²) in [6.45, 7) is 0. The highest BCUT2D eigenvalue weighted by Crippen LogP contribution is 2.56. The maximum absolute atomic E-state index is 13.8. The zero-order valence-corrected chi connectivity index (χ0v) is 19.2. The SMILES string of the molecule is NC(=O)C1C(=O)C[C@@H]2[C@@H](O)[C@H]3C(C(=O)c4c(O)cccc4[C@@H]3CSC(F)(F)C(F)(F)F)C(=O)[C@]2(O)C1=O. The molecular weight excluding hydrogens is 533 g/mol. The van der Waals surface area contributed by atoms with E-state index in [1.54, 1.807) is 0 Å². The van der Waals surface area contributed by atoms with Crippen LogP contribution in [-0.4, -0.2) is 73.2 Å². The number of aromatic hydroxyl groups is 1. The molecule has 0 heterocycles. The number of halogens is 5. The van der Waals surface area contributed by atoms with Crippen molar-refractivity contribution in [3.63, 3.8) is 0 Å². The van der Waals surface area contributed by atoms with Gasteiger partial charge in [0.15, 0.2) is 34.7 Å². The van der Waals surface area contributed by atoms with Crippen molar-refractivity contribution in [2.24, 2.45) is 29.4 Å². The van der Waals surface area contributed by atoms with Crippen LogP contribution in [0, 0.1) is 23.7 Å². The van der Waals surface area contributed by atoms with Crippen LogP contribution in [0.3, 0.4) is 0 Å². The number of benzene rings is 1. The molecule has 37 heavy (non-hydrogen) atoms. The standard InChI is InChI=1S/C22H18F5NO8S/c23-21(24,25)22(26,27)37-5-7-6-2-1-3-9(29)11(6)16(32)14-12(7)15(31)8-4-10(30)13(19(28)35)17(33)20(8,36)18(14)34/h1-3,7-8,12-15,29,31,36H,4-5H2,(H2,28,35)/t7-,8+,12+,13?,14?,15+,20+/m0/s1. The molecule has 7 atom stereocenters. The van der Waals surface area contributed by atoms with Gasteiger partial charge >= 0.3 is 11.4 Å². The predicted octanol–water partition coefficient (Wildman–Crippen LogP) is 0.727. The van der Waals surface area contributed by atoms with Crippen molar-refractivity contribution in [2.45, 2.75) is 35.5 Å². The Kier molecular flexibility index (Phi) is 6.28. The molecule has 2 unspecified atom stereocenters. The van der Waals surface area contributed by atoms with Gasteiger partial charge in [0, 0.05) is 29.9 Å². The van der Waals surface area contributed by atoms with Crippen molar-refractivity contribution in [2.75, 3.05) is 5.75 Å². The zero-order chi connectivity index (χ0) is 27.8. The molecule has 0 aliphatic heterocycles. The Balaban J connectivity index is 1.86. The second-order valence-electron chi connectivity index (χ2n) is 9.19. The lowest BCUT2D eigenvalue weighted by Crippen LogP contribution is -2.72. The average molecular weight is 551 g/mol. The summed E-state index contributed by atoms with van der Waals surface area (Å²) in [6, 6.07) is 3.29. The summed E-state index contributed by atoms with van der Waals surface area (Å²) in [7, 11) is 0. The highest BCUT2D eigenvalue weighted by molar-refractivity contribution is 8.00. The monoisotopic (exact) mass is 551 g/mol. The fourth-order valence-electron chi connectivity index (χ4n) is 5.61. The first kappa shape index (κ1) is 27.1. The molecule has 0 saturated heterocycles. The van der Waals surface area contributed by atoms with Gasteiger partial charge < -0.3 is 21.1 Å². The van der Waals surface area contributed by atoms with Gasteiger partial charge in [0.05, 0.1) is 17.6 Å². The number of rotatable bonds is 4. The maximum Gasteiger partial charge on any atom is 0.464 e. The topological polar surface area (TPSA) is 172 Å². The number of amides is 1. The molecule has 3 aliphatic carbocycles. The van der Waals surface area contributed by atoms with Gasteiger partial charge in [-0.05, 0) is 11.6 Å². The second-order valence-corrected chi connectivity index (χ2v) is 10.3. The minimum Gasteiger partial charge on any atom is -0.507 e. The van der Waals surface area contributed by atoms with E-state index in [4.69, 9.17) is 5.73 Å². The van der Waals surface area contributed by atoms with Crippen molar-refractivity contribution >= 4 is 40.8 Å². The largest absolute Gasteiger partial charge is 0.507 e. The normalized spacial score (nSPS) is 34.0. The number of alkyl halides is 5. The molecule has 0 spiro atoms. The molecule has 5 N–H and O–H groups in total. The second kappa shape index (κ2) is 8.56. The molecule has 4 rings (SSSR count). The van der Waals surface area contributed by atoms with Crippen LogP contribution < -0.4 is 5.73 Å². The van der Waals surface area contributed by atoms with E-state index in [0.29, 0.717) is 0 Å². The van der Waals surface area contributed by atoms with Crippen LogP contribution in [-0.2, 0) is 19.2 Å². The summed E-state index contributed by atoms with van der Waals surface area (Å²) in [5, 5.41) is 27.3. The number of Topliss-reactive ketones (excluding diaryl/α,β-unsaturated/α-hetero) is 4. The number of carbonyl (C=O) groups is 5. The first-order chi connectivity index (χ1) is 17.0. The average Bonchev–Trinajstić information content (AvgIpc) is 2.77. The zero-order valence-electron chi connectivity index (χ0n) is 18.4. The van der Waals surface area contributed by atoms with Gasteiger partial charge in [-0.3, -0.25) is 24.0 Å². The molecule has 0 radical (unpaired) electrons. The smallest absolute Gasteiger partial charge is 0.464 e. The Morgan fingerprint density at radius 2 is 1.73 bits per heavy atom. The van der Waals surface area contributed by atoms with Crippen LogP contribution in [0.25, 0.3) is 0 Å². The predicted molar refractivity (Wildman–Crippen MR) is 112 cm³/mol. The van der Waals surface area contributed by atoms with Crippen molar-refractivity contribution in [3.8, 4) is 5.75 Å². The van der Waals surface area contributed by atoms with E-state index in [9.17, 15) is 61.2 Å². The summed E-state index contributed by atoms with van der Waals surface area (Å²) >= 11 is -0.876. The van der Waals surface area contributed by atoms with Gasteiger partial charge in [-0.25, -0.2) is 0 Å². The van der Waals surface area contributed by atoms with Gasteiger partial charge in [0.1, 0.15) is 5.75 Å². The van der Waals surface area contributed by atoms with Crippen molar-refractivity contribution in [3.05, 3.63) is 29.3 Å². The van der Waals surface area contributed by atoms with Gasteiger partial charge in [-0.15, -0.1) is 0 Å². The Hall–Kier alpha value is -2.91. The van der Waals surface area contributed by atoms with Crippen molar-refractivity contribution in [1.29, 1.82) is 0 Å². The molecule has 3 aliphatic rings. The number of primary amides is 1. The number of ketones is 4. The fourth-order valence-corrected chi connectivity index (χ4v) is 6.56. The molecule has 1 aromatic rings. The summed E-state index contributed by atoms with van der Waals surface area (Å²) < 4.78 is 66.1. The molecule has 1 amide bonds. The van der Waals surface area contributed by atoms with Crippen LogP contribution in [0.15, 0.2) is 18.2 Å². The number of phenols is 1. The lowest BCUT2D eigenvalue weighted by Gasteiger charge is -2.53. The number of hydrogen-bond donors (Lipinski definition) is 4. The minimum atomic E-state index is -5.96. The molecular formula is C22H18F5NO8S. The quantitative estimate of drug-likeness (QED) is 0.311. The number of hydrogen-bond acceptors (Lipinski definition) is 9. The minimum absolute atomic E-state index is 0.238. The number of aliphatic hydroxyl groups excluding tert-OH is 1. The van der Waals surface area contributed by atoms with E-state index in [1.165, 1.54) is 6.07 Å². The number of nitrogens with two attached hydrogens (primary N) is 1. The molecule has 1 aromatic carbocycles. The summed E-state index contributed by atoms with van der Waals surface area (Å²) in [4.78, 5) is 63.9. The summed E-state index contributed by atoms with van der Waals surface area (Å²) in [6.07, 6.45) is -9.01. The third-order valence-corrected chi connectivity index (χ3v) is 8.41. The lowest BCUT2D eigenvalue weighted by atomic mass is 9.50. The van der Waals surface area contributed by atoms with Crippen molar-refractivity contribution < 1.29 is 61.2 Å².